The molecule has 0 spiro atoms. The normalized spacial score (nSPS) is 19.3. The molecule has 774 valence electrons. The van der Waals surface area contributed by atoms with E-state index in [1.54, 1.807) is 82.6 Å². The number of hydrogen-bond acceptors (Lipinski definition) is 23. The number of carbonyl (C=O) groups is 7. The molecule has 0 saturated carbocycles. The van der Waals surface area contributed by atoms with E-state index in [4.69, 9.17) is 16.0 Å². The van der Waals surface area contributed by atoms with Gasteiger partial charge in [0.05, 0.1) is 46.3 Å². The fourth-order valence-corrected chi connectivity index (χ4v) is 18.8. The molecule has 0 unspecified atom stereocenters. The van der Waals surface area contributed by atoms with Crippen molar-refractivity contribution < 1.29 is 38.0 Å². The fourth-order valence-electron chi connectivity index (χ4n) is 18.6. The Kier molecular flexibility index (Phi) is 42.1. The molecule has 7 aliphatic rings. The number of nitrogens with one attached hydrogen (secondary N) is 6. The van der Waals surface area contributed by atoms with Crippen LogP contribution in [0.3, 0.4) is 0 Å². The highest BCUT2D eigenvalue weighted by atomic mass is 35.5. The third kappa shape index (κ3) is 34.2. The largest absolute Gasteiger partial charge is 0.448 e. The van der Waals surface area contributed by atoms with E-state index >= 15 is 0 Å². The number of rotatable bonds is 22. The number of pyridine rings is 1. The zero-order valence-corrected chi connectivity index (χ0v) is 90.8. The van der Waals surface area contributed by atoms with Gasteiger partial charge < -0.3 is 80.1 Å². The van der Waals surface area contributed by atoms with Crippen LogP contribution in [0, 0.1) is 20.8 Å². The summed E-state index contributed by atoms with van der Waals surface area (Å²) in [6.45, 7) is 70.0. The number of hydrogen-bond donors (Lipinski definition) is 6. The Hall–Kier alpha value is -9.42. The standard InChI is InChI=1S/C16H24ClN3O.C16H28N4O.2C15H26N4O.C14H24N4O.C14H22N4O.C14H23N3O2/c1-12(2)20-10-7-16(3,8-11-20)19(4)15(21)14-13(17)6-5-9-18-14;1-12(2)19-8-6-16(5,7-9-19)18-15(21)14-10-17-20(11-14)13(3)4;1-11(2)19-8-6-15(4,7-9-19)17-14(20)13-12(3)16-10-18(13)5;1-11(2)19-8-6-15(4,7-9-19)16-14(20)13-10-18(5)17-12(13)3;1-11(2)18-9-6-14(3,7-10-18)15-13(19)12-5-8-17(4)16-12;1-11(2)18-8-4-14(3,5-9-18)17-13(19)12-10-15-6-7-16-12;1-10(2)17-7-5-14(4,6-8-17)16-13(18)12-9-19-11(3)15-12/h5-6,9,12H,7-8,10-11H2,1-4H3;10-13H,6-9H2,1-5H3,(H,18,21);10-11H,6-9H2,1-5H3,(H,17,20);10-11H,6-9H2,1-5H3,(H,16,20);5,8,11H,6-7,9-10H2,1-4H3,(H,15,19);6-7,10-11H,4-5,8-9H2,1-3H3,(H,17,19);9-10H,5-8H2,1-4H3,(H,16,18). The monoisotopic (exact) mass is 1950 g/mol. The summed E-state index contributed by atoms with van der Waals surface area (Å²) in [6.07, 6.45) is 30.1. The van der Waals surface area contributed by atoms with Crippen LogP contribution in [-0.4, -0.2) is 319 Å². The molecule has 0 atom stereocenters. The van der Waals surface area contributed by atoms with E-state index in [1.165, 1.54) is 12.5 Å². The summed E-state index contributed by atoms with van der Waals surface area (Å²) in [5.41, 5.74) is 4.30. The Morgan fingerprint density at radius 2 is 0.777 bits per heavy atom. The van der Waals surface area contributed by atoms with Crippen LogP contribution in [0.4, 0.5) is 0 Å². The SMILES string of the molecule is CC(C)N1CCC(C)(N(C)C(=O)c2ncccc2Cl)CC1.CC(C)N1CCC(C)(NC(=O)c2ccn(C)n2)CC1.CC(C)N1CCC(C)(NC(=O)c2cnccn2)CC1.CC(C)N1CCC(C)(NC(=O)c2cnn(C(C)C)c2)CC1.Cc1nc(C(=O)NC2(C)CCN(C(C)C)CC2)co1.Cc1ncn(C)c1C(=O)NC1(C)CCN(C(C)C)CC1.Cc1nn(C)cc1C(=O)NC1(C)CCN(C(C)C)CC1. The molecule has 139 heavy (non-hydrogen) atoms. The molecule has 14 heterocycles. The molecule has 0 aromatic carbocycles. The molecule has 7 fully saturated rings. The van der Waals surface area contributed by atoms with Gasteiger partial charge in [-0.1, -0.05) is 11.6 Å². The summed E-state index contributed by atoms with van der Waals surface area (Å²) in [6, 6.07) is 9.48. The van der Waals surface area contributed by atoms with Crippen molar-refractivity contribution in [2.75, 3.05) is 98.7 Å². The second kappa shape index (κ2) is 51.0. The van der Waals surface area contributed by atoms with Crippen LogP contribution in [0.15, 0.2) is 84.8 Å². The zero-order valence-electron chi connectivity index (χ0n) is 90.0. The average Bonchev–Trinajstić information content (AvgIpc) is 1.69. The van der Waals surface area contributed by atoms with Crippen molar-refractivity contribution in [1.29, 1.82) is 0 Å². The third-order valence-electron chi connectivity index (χ3n) is 29.5. The summed E-state index contributed by atoms with van der Waals surface area (Å²) >= 11 is 6.09. The van der Waals surface area contributed by atoms with Crippen molar-refractivity contribution in [3.05, 3.63) is 142 Å². The van der Waals surface area contributed by atoms with Crippen LogP contribution in [-0.2, 0) is 21.1 Å². The molecular weight excluding hydrogens is 1780 g/mol. The second-order valence-electron chi connectivity index (χ2n) is 43.8. The Labute approximate surface area is 835 Å². The first-order valence-electron chi connectivity index (χ1n) is 50.8. The van der Waals surface area contributed by atoms with Crippen molar-refractivity contribution in [2.24, 2.45) is 21.1 Å². The summed E-state index contributed by atoms with van der Waals surface area (Å²) in [5, 5.41) is 32.0. The lowest BCUT2D eigenvalue weighted by atomic mass is 9.87. The molecular formula is C104H173ClN26O8. The van der Waals surface area contributed by atoms with Gasteiger partial charge >= 0.3 is 0 Å². The zero-order chi connectivity index (χ0) is 103. The maximum absolute atomic E-state index is 12.7. The summed E-state index contributed by atoms with van der Waals surface area (Å²) < 4.78 is 12.0. The Morgan fingerprint density at radius 1 is 0.403 bits per heavy atom. The molecule has 14 rings (SSSR count). The lowest BCUT2D eigenvalue weighted by Gasteiger charge is -2.46. The van der Waals surface area contributed by atoms with Gasteiger partial charge in [0.25, 0.3) is 41.4 Å². The van der Waals surface area contributed by atoms with Gasteiger partial charge in [0.2, 0.25) is 0 Å². The number of halogens is 1. The first-order chi connectivity index (χ1) is 65.1. The van der Waals surface area contributed by atoms with E-state index in [2.05, 4.69) is 266 Å². The van der Waals surface area contributed by atoms with Gasteiger partial charge in [-0.25, -0.2) is 19.9 Å². The van der Waals surface area contributed by atoms with Crippen LogP contribution in [0.2, 0.25) is 5.02 Å². The predicted molar refractivity (Wildman–Crippen MR) is 552 cm³/mol. The fraction of sp³-hybridized carbons (Fsp3) is 0.702. The van der Waals surface area contributed by atoms with Crippen LogP contribution in [0.25, 0.3) is 0 Å². The highest BCUT2D eigenvalue weighted by Gasteiger charge is 2.42. The van der Waals surface area contributed by atoms with Crippen molar-refractivity contribution in [3.8, 4) is 0 Å². The number of oxazole rings is 1. The number of carbonyl (C=O) groups excluding carboxylic acids is 7. The van der Waals surface area contributed by atoms with E-state index in [0.717, 1.165) is 193 Å². The van der Waals surface area contributed by atoms with Gasteiger partial charge in [0.15, 0.2) is 11.6 Å². The average molecular weight is 1950 g/mol. The number of likely N-dealkylation sites (tertiary alicyclic amines) is 7. The van der Waals surface area contributed by atoms with E-state index < -0.39 is 0 Å². The molecule has 35 heteroatoms. The van der Waals surface area contributed by atoms with Gasteiger partial charge in [-0.3, -0.25) is 52.6 Å². The number of imidazole rings is 1. The molecule has 0 bridgehead atoms. The maximum Gasteiger partial charge on any atom is 0.274 e. The maximum atomic E-state index is 12.7. The number of amides is 7. The quantitative estimate of drug-likeness (QED) is 0.0367. The van der Waals surface area contributed by atoms with Crippen LogP contribution < -0.4 is 31.9 Å². The van der Waals surface area contributed by atoms with Gasteiger partial charge in [0, 0.05) is 251 Å². The Morgan fingerprint density at radius 3 is 1.09 bits per heavy atom. The Balaban J connectivity index is 0.000000199. The van der Waals surface area contributed by atoms with Crippen molar-refractivity contribution in [1.82, 2.24) is 130 Å². The molecule has 7 aromatic rings. The minimum absolute atomic E-state index is 0.00361. The molecule has 7 saturated heterocycles. The van der Waals surface area contributed by atoms with E-state index in [1.807, 2.05) is 57.8 Å². The topological polar surface area (TPSA) is 354 Å². The van der Waals surface area contributed by atoms with Crippen molar-refractivity contribution in [2.45, 2.75) is 357 Å². The number of aryl methyl sites for hydroxylation is 6. The minimum atomic E-state index is -0.144. The lowest BCUT2D eigenvalue weighted by Crippen LogP contribution is -2.55. The summed E-state index contributed by atoms with van der Waals surface area (Å²) in [4.78, 5) is 126. The van der Waals surface area contributed by atoms with Crippen LogP contribution in [0.5, 0.6) is 0 Å². The van der Waals surface area contributed by atoms with Crippen molar-refractivity contribution >= 4 is 53.0 Å². The first-order valence-corrected chi connectivity index (χ1v) is 51.2. The molecule has 7 aromatic heterocycles. The van der Waals surface area contributed by atoms with Gasteiger partial charge in [0.1, 0.15) is 29.0 Å². The molecule has 7 aliphatic heterocycles. The summed E-state index contributed by atoms with van der Waals surface area (Å²) in [5.74, 6) is 0.0551. The Bertz CT molecular complexity index is 4910. The number of nitrogens with zero attached hydrogens (tertiary/aromatic N) is 20. The first kappa shape index (κ1) is 115. The van der Waals surface area contributed by atoms with Crippen LogP contribution in [0.1, 0.15) is 346 Å². The summed E-state index contributed by atoms with van der Waals surface area (Å²) in [7, 11) is 7.38. The van der Waals surface area contributed by atoms with E-state index in [9.17, 15) is 33.6 Å². The highest BCUT2D eigenvalue weighted by Crippen LogP contribution is 2.34. The van der Waals surface area contributed by atoms with E-state index in [0.29, 0.717) is 92.8 Å². The highest BCUT2D eigenvalue weighted by molar-refractivity contribution is 6.33. The van der Waals surface area contributed by atoms with Crippen LogP contribution >= 0.6 is 11.6 Å². The van der Waals surface area contributed by atoms with Gasteiger partial charge in [-0.2, -0.15) is 15.3 Å². The lowest BCUT2D eigenvalue weighted by molar-refractivity contribution is 0.0312. The van der Waals surface area contributed by atoms with E-state index in [-0.39, 0.29) is 86.2 Å². The van der Waals surface area contributed by atoms with Gasteiger partial charge in [-0.05, 0) is 281 Å². The molecule has 6 N–H and O–H groups in total. The molecule has 7 amide bonds. The van der Waals surface area contributed by atoms with Gasteiger partial charge in [-0.15, -0.1) is 0 Å². The minimum Gasteiger partial charge on any atom is -0.448 e. The number of piperidine rings is 7. The third-order valence-corrected chi connectivity index (χ3v) is 29.8. The second-order valence-corrected chi connectivity index (χ2v) is 44.2. The smallest absolute Gasteiger partial charge is 0.274 e. The predicted octanol–water partition coefficient (Wildman–Crippen LogP) is 13.8. The molecule has 0 radical (unpaired) electrons. The molecule has 0 aliphatic carbocycles. The van der Waals surface area contributed by atoms with Crippen molar-refractivity contribution in [3.63, 3.8) is 0 Å². The number of aromatic nitrogens is 12. The molecule has 34 nitrogen and oxygen atoms in total.